The van der Waals surface area contributed by atoms with Gasteiger partial charge in [-0.05, 0) is 6.42 Å². The van der Waals surface area contributed by atoms with Crippen molar-refractivity contribution in [2.45, 2.75) is 33.1 Å². The summed E-state index contributed by atoms with van der Waals surface area (Å²) in [4.78, 5) is 0. The highest BCUT2D eigenvalue weighted by Gasteiger charge is 2.04. The second kappa shape index (κ2) is 6.39. The molecule has 0 aromatic rings. The van der Waals surface area contributed by atoms with Gasteiger partial charge in [0.1, 0.15) is 0 Å². The van der Waals surface area contributed by atoms with Crippen LogP contribution in [0.25, 0.3) is 0 Å². The minimum Gasteiger partial charge on any atom is -0.203 e. The average molecular weight is 194 g/mol. The standard InChI is InChI=1S/C7H18N2O2S/c1-3-5-6-7-9-12(10,11)8-4-2/h8-9H,3-7H2,1-2H3. The average Bonchev–Trinajstić information content (AvgIpc) is 1.98. The summed E-state index contributed by atoms with van der Waals surface area (Å²) in [6.45, 7) is 4.80. The second-order valence-electron chi connectivity index (χ2n) is 2.60. The molecule has 0 aromatic carbocycles. The fourth-order valence-corrected chi connectivity index (χ4v) is 1.72. The zero-order valence-electron chi connectivity index (χ0n) is 7.76. The first-order valence-electron chi connectivity index (χ1n) is 4.36. The van der Waals surface area contributed by atoms with Crippen LogP contribution in [0, 0.1) is 0 Å². The predicted molar refractivity (Wildman–Crippen MR) is 50.1 cm³/mol. The lowest BCUT2D eigenvalue weighted by molar-refractivity contribution is 0.563. The van der Waals surface area contributed by atoms with Gasteiger partial charge in [-0.3, -0.25) is 0 Å². The van der Waals surface area contributed by atoms with Crippen molar-refractivity contribution >= 4 is 10.2 Å². The molecule has 0 unspecified atom stereocenters. The van der Waals surface area contributed by atoms with Crippen LogP contribution in [0.15, 0.2) is 0 Å². The van der Waals surface area contributed by atoms with E-state index in [4.69, 9.17) is 0 Å². The van der Waals surface area contributed by atoms with Gasteiger partial charge in [0.2, 0.25) is 0 Å². The first-order chi connectivity index (χ1) is 5.62. The van der Waals surface area contributed by atoms with Crippen LogP contribution in [0.3, 0.4) is 0 Å². The fraction of sp³-hybridized carbons (Fsp3) is 1.00. The van der Waals surface area contributed by atoms with Gasteiger partial charge in [-0.15, -0.1) is 0 Å². The first-order valence-corrected chi connectivity index (χ1v) is 5.85. The van der Waals surface area contributed by atoms with Gasteiger partial charge in [0, 0.05) is 13.1 Å². The molecule has 0 aliphatic rings. The SMILES string of the molecule is CCCCCNS(=O)(=O)NCC. The minimum atomic E-state index is -3.21. The van der Waals surface area contributed by atoms with E-state index in [1.807, 2.05) is 0 Å². The van der Waals surface area contributed by atoms with E-state index in [-0.39, 0.29) is 0 Å². The minimum absolute atomic E-state index is 0.434. The van der Waals surface area contributed by atoms with Gasteiger partial charge in [0.05, 0.1) is 0 Å². The molecule has 0 aliphatic heterocycles. The van der Waals surface area contributed by atoms with Crippen LogP contribution in [0.2, 0.25) is 0 Å². The van der Waals surface area contributed by atoms with Crippen LogP contribution in [0.4, 0.5) is 0 Å². The van der Waals surface area contributed by atoms with Crippen LogP contribution < -0.4 is 9.44 Å². The highest BCUT2D eigenvalue weighted by molar-refractivity contribution is 7.87. The molecule has 74 valence electrons. The van der Waals surface area contributed by atoms with Gasteiger partial charge in [0.25, 0.3) is 10.2 Å². The summed E-state index contributed by atoms with van der Waals surface area (Å²) < 4.78 is 26.8. The number of nitrogens with one attached hydrogen (secondary N) is 2. The van der Waals surface area contributed by atoms with Crippen molar-refractivity contribution in [1.82, 2.24) is 9.44 Å². The summed E-state index contributed by atoms with van der Waals surface area (Å²) >= 11 is 0. The third kappa shape index (κ3) is 6.57. The lowest BCUT2D eigenvalue weighted by atomic mass is 10.3. The maximum atomic E-state index is 11.0. The van der Waals surface area contributed by atoms with Crippen molar-refractivity contribution in [3.8, 4) is 0 Å². The van der Waals surface area contributed by atoms with E-state index in [2.05, 4.69) is 16.4 Å². The molecule has 0 aromatic heterocycles. The van der Waals surface area contributed by atoms with Gasteiger partial charge in [-0.25, -0.2) is 9.44 Å². The molecular weight excluding hydrogens is 176 g/mol. The molecule has 0 aliphatic carbocycles. The maximum Gasteiger partial charge on any atom is 0.276 e. The molecule has 0 amide bonds. The zero-order valence-corrected chi connectivity index (χ0v) is 8.58. The highest BCUT2D eigenvalue weighted by Crippen LogP contribution is 1.91. The molecule has 0 bridgehead atoms. The second-order valence-corrected chi connectivity index (χ2v) is 4.19. The Morgan fingerprint density at radius 2 is 1.75 bits per heavy atom. The van der Waals surface area contributed by atoms with Crippen molar-refractivity contribution in [2.75, 3.05) is 13.1 Å². The Morgan fingerprint density at radius 3 is 2.25 bits per heavy atom. The van der Waals surface area contributed by atoms with Gasteiger partial charge >= 0.3 is 0 Å². The van der Waals surface area contributed by atoms with E-state index in [1.54, 1.807) is 6.92 Å². The lowest BCUT2D eigenvalue weighted by Gasteiger charge is -2.05. The third-order valence-electron chi connectivity index (χ3n) is 1.41. The van der Waals surface area contributed by atoms with E-state index >= 15 is 0 Å². The molecule has 0 spiro atoms. The Bertz CT molecular complexity index is 190. The summed E-state index contributed by atoms with van der Waals surface area (Å²) in [7, 11) is -3.21. The van der Waals surface area contributed by atoms with E-state index in [0.717, 1.165) is 19.3 Å². The monoisotopic (exact) mass is 194 g/mol. The number of unbranched alkanes of at least 4 members (excludes halogenated alkanes) is 2. The third-order valence-corrected chi connectivity index (χ3v) is 2.66. The Balaban J connectivity index is 3.48. The molecule has 0 radical (unpaired) electrons. The van der Waals surface area contributed by atoms with Crippen LogP contribution in [0.5, 0.6) is 0 Å². The van der Waals surface area contributed by atoms with Crippen molar-refractivity contribution in [3.63, 3.8) is 0 Å². The Morgan fingerprint density at radius 1 is 1.08 bits per heavy atom. The Hall–Kier alpha value is -0.130. The molecule has 12 heavy (non-hydrogen) atoms. The molecule has 0 atom stereocenters. The number of hydrogen-bond donors (Lipinski definition) is 2. The molecule has 0 heterocycles. The molecule has 4 nitrogen and oxygen atoms in total. The number of hydrogen-bond acceptors (Lipinski definition) is 2. The lowest BCUT2D eigenvalue weighted by Crippen LogP contribution is -2.36. The van der Waals surface area contributed by atoms with Gasteiger partial charge < -0.3 is 0 Å². The largest absolute Gasteiger partial charge is 0.276 e. The van der Waals surface area contributed by atoms with E-state index in [0.29, 0.717) is 13.1 Å². The Kier molecular flexibility index (Phi) is 6.32. The quantitative estimate of drug-likeness (QED) is 0.584. The van der Waals surface area contributed by atoms with E-state index in [1.165, 1.54) is 0 Å². The van der Waals surface area contributed by atoms with Crippen LogP contribution in [0.1, 0.15) is 33.1 Å². The number of rotatable bonds is 7. The summed E-state index contributed by atoms with van der Waals surface area (Å²) in [5.41, 5.74) is 0. The van der Waals surface area contributed by atoms with E-state index < -0.39 is 10.2 Å². The smallest absolute Gasteiger partial charge is 0.203 e. The molecule has 0 saturated heterocycles. The molecular formula is C7H18N2O2S. The first kappa shape index (κ1) is 11.9. The predicted octanol–water partition coefficient (Wildman–Crippen LogP) is 0.620. The van der Waals surface area contributed by atoms with Crippen molar-refractivity contribution in [3.05, 3.63) is 0 Å². The summed E-state index contributed by atoms with van der Waals surface area (Å²) in [6, 6.07) is 0. The van der Waals surface area contributed by atoms with Crippen molar-refractivity contribution in [1.29, 1.82) is 0 Å². The molecule has 0 fully saturated rings. The van der Waals surface area contributed by atoms with E-state index in [9.17, 15) is 8.42 Å². The highest BCUT2D eigenvalue weighted by atomic mass is 32.2. The van der Waals surface area contributed by atoms with Crippen LogP contribution in [-0.2, 0) is 10.2 Å². The fourth-order valence-electron chi connectivity index (χ4n) is 0.823. The Labute approximate surface area is 74.9 Å². The van der Waals surface area contributed by atoms with Gasteiger partial charge in [0.15, 0.2) is 0 Å². The summed E-state index contributed by atoms with van der Waals surface area (Å²) in [5.74, 6) is 0. The van der Waals surface area contributed by atoms with Crippen molar-refractivity contribution < 1.29 is 8.42 Å². The normalized spacial score (nSPS) is 11.8. The molecule has 0 rings (SSSR count). The molecule has 0 saturated carbocycles. The summed E-state index contributed by atoms with van der Waals surface area (Å²) in [5, 5.41) is 0. The van der Waals surface area contributed by atoms with Gasteiger partial charge in [-0.1, -0.05) is 26.7 Å². The topological polar surface area (TPSA) is 58.2 Å². The van der Waals surface area contributed by atoms with Crippen molar-refractivity contribution in [2.24, 2.45) is 0 Å². The molecule has 5 heteroatoms. The zero-order chi connectivity index (χ0) is 9.45. The molecule has 2 N–H and O–H groups in total. The van der Waals surface area contributed by atoms with Gasteiger partial charge in [-0.2, -0.15) is 8.42 Å². The van der Waals surface area contributed by atoms with Crippen LogP contribution in [-0.4, -0.2) is 21.5 Å². The van der Waals surface area contributed by atoms with Crippen LogP contribution >= 0.6 is 0 Å². The summed E-state index contributed by atoms with van der Waals surface area (Å²) in [6.07, 6.45) is 3.07. The maximum absolute atomic E-state index is 11.0.